The summed E-state index contributed by atoms with van der Waals surface area (Å²) in [6.45, 7) is 5.23. The Hall–Kier alpha value is -1.81. The van der Waals surface area contributed by atoms with E-state index in [0.29, 0.717) is 13.2 Å². The van der Waals surface area contributed by atoms with Crippen molar-refractivity contribution in [3.8, 4) is 17.2 Å². The molecular weight excluding hydrogens is 284 g/mol. The Morgan fingerprint density at radius 1 is 0.857 bits per heavy atom. The number of rotatable bonds is 7. The molecular formula is C17H20O3S. The van der Waals surface area contributed by atoms with Crippen LogP contribution >= 0.6 is 11.8 Å². The molecule has 0 bridgehead atoms. The molecule has 0 aromatic heterocycles. The van der Waals surface area contributed by atoms with E-state index in [1.807, 2.05) is 56.3 Å². The fourth-order valence-electron chi connectivity index (χ4n) is 1.87. The third kappa shape index (κ3) is 4.33. The summed E-state index contributed by atoms with van der Waals surface area (Å²) in [5.41, 5.74) is 0. The Morgan fingerprint density at radius 2 is 1.52 bits per heavy atom. The first-order chi connectivity index (χ1) is 10.3. The third-order valence-corrected chi connectivity index (χ3v) is 3.88. The molecule has 0 aliphatic carbocycles. The van der Waals surface area contributed by atoms with Crippen LogP contribution in [0.15, 0.2) is 52.3 Å². The zero-order valence-corrected chi connectivity index (χ0v) is 13.4. The van der Waals surface area contributed by atoms with Crippen molar-refractivity contribution in [1.82, 2.24) is 0 Å². The topological polar surface area (TPSA) is 27.7 Å². The van der Waals surface area contributed by atoms with E-state index in [9.17, 15) is 0 Å². The van der Waals surface area contributed by atoms with Crippen molar-refractivity contribution in [2.24, 2.45) is 0 Å². The van der Waals surface area contributed by atoms with Gasteiger partial charge in [0.1, 0.15) is 17.2 Å². The van der Waals surface area contributed by atoms with Crippen LogP contribution in [0.1, 0.15) is 13.8 Å². The van der Waals surface area contributed by atoms with Gasteiger partial charge in [0.15, 0.2) is 0 Å². The molecule has 0 N–H and O–H groups in total. The minimum absolute atomic E-state index is 0.631. The minimum Gasteiger partial charge on any atom is -0.497 e. The summed E-state index contributed by atoms with van der Waals surface area (Å²) in [5, 5.41) is 0. The first-order valence-corrected chi connectivity index (χ1v) is 7.80. The molecule has 0 aliphatic rings. The molecule has 0 amide bonds. The molecule has 0 spiro atoms. The maximum atomic E-state index is 5.72. The third-order valence-electron chi connectivity index (χ3n) is 2.81. The molecule has 0 unspecified atom stereocenters. The Morgan fingerprint density at radius 3 is 2.14 bits per heavy atom. The molecule has 0 radical (unpaired) electrons. The molecule has 2 aromatic carbocycles. The predicted molar refractivity (Wildman–Crippen MR) is 85.9 cm³/mol. The monoisotopic (exact) mass is 304 g/mol. The fraction of sp³-hybridized carbons (Fsp3) is 0.294. The summed E-state index contributed by atoms with van der Waals surface area (Å²) < 4.78 is 16.4. The van der Waals surface area contributed by atoms with Crippen LogP contribution in [0.5, 0.6) is 17.2 Å². The second kappa shape index (κ2) is 7.84. The molecule has 0 aliphatic heterocycles. The van der Waals surface area contributed by atoms with E-state index >= 15 is 0 Å². The summed E-state index contributed by atoms with van der Waals surface area (Å²) in [4.78, 5) is 2.21. The Labute approximate surface area is 130 Å². The predicted octanol–water partition coefficient (Wildman–Crippen LogP) is 4.64. The van der Waals surface area contributed by atoms with E-state index in [-0.39, 0.29) is 0 Å². The van der Waals surface area contributed by atoms with Crippen molar-refractivity contribution in [2.75, 3.05) is 20.3 Å². The van der Waals surface area contributed by atoms with Gasteiger partial charge in [0.2, 0.25) is 0 Å². The number of benzene rings is 2. The van der Waals surface area contributed by atoms with Gasteiger partial charge in [-0.1, -0.05) is 11.8 Å². The van der Waals surface area contributed by atoms with Crippen LogP contribution in [0.3, 0.4) is 0 Å². The fourth-order valence-corrected chi connectivity index (χ4v) is 2.75. The van der Waals surface area contributed by atoms with Crippen LogP contribution in [-0.4, -0.2) is 20.3 Å². The molecule has 4 heteroatoms. The molecule has 2 rings (SSSR count). The van der Waals surface area contributed by atoms with Gasteiger partial charge in [0, 0.05) is 11.0 Å². The number of methoxy groups -OCH3 is 1. The van der Waals surface area contributed by atoms with E-state index < -0.39 is 0 Å². The normalized spacial score (nSPS) is 10.2. The summed E-state index contributed by atoms with van der Waals surface area (Å²) in [7, 11) is 1.67. The molecule has 21 heavy (non-hydrogen) atoms. The zero-order valence-electron chi connectivity index (χ0n) is 12.6. The molecule has 2 aromatic rings. The molecule has 0 saturated heterocycles. The smallest absolute Gasteiger partial charge is 0.136 e. The summed E-state index contributed by atoms with van der Waals surface area (Å²) in [6, 6.07) is 13.9. The van der Waals surface area contributed by atoms with Gasteiger partial charge in [0.05, 0.1) is 25.2 Å². The lowest BCUT2D eigenvalue weighted by atomic mass is 10.3. The van der Waals surface area contributed by atoms with Crippen LogP contribution in [0.25, 0.3) is 0 Å². The van der Waals surface area contributed by atoms with Crippen molar-refractivity contribution in [1.29, 1.82) is 0 Å². The van der Waals surface area contributed by atoms with Crippen molar-refractivity contribution in [2.45, 2.75) is 23.6 Å². The lowest BCUT2D eigenvalue weighted by Gasteiger charge is -2.12. The number of hydrogen-bond acceptors (Lipinski definition) is 4. The van der Waals surface area contributed by atoms with Crippen molar-refractivity contribution >= 4 is 11.8 Å². The van der Waals surface area contributed by atoms with Gasteiger partial charge < -0.3 is 14.2 Å². The van der Waals surface area contributed by atoms with E-state index in [4.69, 9.17) is 14.2 Å². The highest BCUT2D eigenvalue weighted by molar-refractivity contribution is 7.99. The van der Waals surface area contributed by atoms with E-state index in [1.165, 1.54) is 0 Å². The molecule has 0 saturated carbocycles. The quantitative estimate of drug-likeness (QED) is 0.744. The average molecular weight is 304 g/mol. The molecule has 0 fully saturated rings. The van der Waals surface area contributed by atoms with Gasteiger partial charge in [-0.05, 0) is 50.2 Å². The summed E-state index contributed by atoms with van der Waals surface area (Å²) in [6.07, 6.45) is 0. The Bertz CT molecular complexity index is 567. The van der Waals surface area contributed by atoms with Crippen molar-refractivity contribution in [3.63, 3.8) is 0 Å². The largest absolute Gasteiger partial charge is 0.497 e. The van der Waals surface area contributed by atoms with E-state index in [1.54, 1.807) is 18.9 Å². The lowest BCUT2D eigenvalue weighted by molar-refractivity contribution is 0.318. The first kappa shape index (κ1) is 15.6. The maximum absolute atomic E-state index is 5.72. The minimum atomic E-state index is 0.631. The molecule has 112 valence electrons. The van der Waals surface area contributed by atoms with E-state index in [0.717, 1.165) is 27.0 Å². The van der Waals surface area contributed by atoms with Gasteiger partial charge in [-0.2, -0.15) is 0 Å². The van der Waals surface area contributed by atoms with Crippen LogP contribution < -0.4 is 14.2 Å². The van der Waals surface area contributed by atoms with Gasteiger partial charge in [-0.15, -0.1) is 0 Å². The molecule has 0 heterocycles. The SMILES string of the molecule is CCOc1ccc(Sc2ccc(OC)cc2)c(OCC)c1. The zero-order chi connectivity index (χ0) is 15.1. The number of ether oxygens (including phenoxy) is 3. The number of hydrogen-bond donors (Lipinski definition) is 0. The highest BCUT2D eigenvalue weighted by atomic mass is 32.2. The highest BCUT2D eigenvalue weighted by Gasteiger charge is 2.08. The van der Waals surface area contributed by atoms with E-state index in [2.05, 4.69) is 0 Å². The van der Waals surface area contributed by atoms with Gasteiger partial charge in [-0.3, -0.25) is 0 Å². The molecule has 0 atom stereocenters. The van der Waals surface area contributed by atoms with Crippen molar-refractivity contribution in [3.05, 3.63) is 42.5 Å². The molecule has 3 nitrogen and oxygen atoms in total. The maximum Gasteiger partial charge on any atom is 0.136 e. The first-order valence-electron chi connectivity index (χ1n) is 6.98. The second-order valence-corrected chi connectivity index (χ2v) is 5.37. The standard InChI is InChI=1S/C17H20O3S/c1-4-19-14-8-11-17(16(12-14)20-5-2)21-15-9-6-13(18-3)7-10-15/h6-12H,4-5H2,1-3H3. The van der Waals surface area contributed by atoms with Gasteiger partial charge in [-0.25, -0.2) is 0 Å². The summed E-state index contributed by atoms with van der Waals surface area (Å²) in [5.74, 6) is 2.54. The van der Waals surface area contributed by atoms with Crippen LogP contribution in [0, 0.1) is 0 Å². The van der Waals surface area contributed by atoms with Crippen molar-refractivity contribution < 1.29 is 14.2 Å². The van der Waals surface area contributed by atoms with Crippen LogP contribution in [-0.2, 0) is 0 Å². The van der Waals surface area contributed by atoms with Gasteiger partial charge >= 0.3 is 0 Å². The Balaban J connectivity index is 2.20. The summed E-state index contributed by atoms with van der Waals surface area (Å²) >= 11 is 1.66. The Kier molecular flexibility index (Phi) is 5.81. The second-order valence-electron chi connectivity index (χ2n) is 4.25. The van der Waals surface area contributed by atoms with Crippen LogP contribution in [0.4, 0.5) is 0 Å². The average Bonchev–Trinajstić information content (AvgIpc) is 2.51. The van der Waals surface area contributed by atoms with Gasteiger partial charge in [0.25, 0.3) is 0 Å². The lowest BCUT2D eigenvalue weighted by Crippen LogP contribution is -1.96. The highest BCUT2D eigenvalue weighted by Crippen LogP contribution is 2.37. The van der Waals surface area contributed by atoms with Crippen LogP contribution in [0.2, 0.25) is 0 Å².